The van der Waals surface area contributed by atoms with E-state index in [9.17, 15) is 4.39 Å². The third-order valence-electron chi connectivity index (χ3n) is 7.65. The highest BCUT2D eigenvalue weighted by atomic mass is 19.1. The van der Waals surface area contributed by atoms with Crippen molar-refractivity contribution in [1.82, 2.24) is 4.90 Å². The molecular formula is C33H38FN3O. The van der Waals surface area contributed by atoms with E-state index in [0.717, 1.165) is 68.9 Å². The van der Waals surface area contributed by atoms with Crippen LogP contribution < -0.4 is 15.4 Å². The fraction of sp³-hybridized carbons (Fsp3) is 0.333. The number of para-hydroxylation sites is 1. The van der Waals surface area contributed by atoms with Crippen LogP contribution in [0.5, 0.6) is 5.75 Å². The van der Waals surface area contributed by atoms with Crippen LogP contribution in [0.25, 0.3) is 10.8 Å². The Bertz CT molecular complexity index is 1330. The monoisotopic (exact) mass is 511 g/mol. The molecule has 1 fully saturated rings. The van der Waals surface area contributed by atoms with Gasteiger partial charge in [0.05, 0.1) is 0 Å². The number of fused-ring (bicyclic) bond motifs is 1. The molecular weight excluding hydrogens is 473 g/mol. The summed E-state index contributed by atoms with van der Waals surface area (Å²) in [5.74, 6) is 0.620. The standard InChI is InChI=1S/C33H38FN3O/c1-25-7-2-5-11-32(25)37-21-19-36(20-22-37)18-6-9-29(35)23-31-30-10-4-3-8-27(30)14-17-33(31)38-24-26-12-15-28(34)16-13-26/h2-5,7-8,10-17,29H,6,9,18-24,35H2,1H3. The van der Waals surface area contributed by atoms with Crippen LogP contribution in [0.1, 0.15) is 29.5 Å². The molecule has 4 aromatic carbocycles. The zero-order valence-corrected chi connectivity index (χ0v) is 22.3. The van der Waals surface area contributed by atoms with Gasteiger partial charge in [-0.25, -0.2) is 4.39 Å². The Morgan fingerprint density at radius 2 is 1.61 bits per heavy atom. The minimum atomic E-state index is -0.237. The van der Waals surface area contributed by atoms with Gasteiger partial charge in [0.25, 0.3) is 0 Å². The lowest BCUT2D eigenvalue weighted by atomic mass is 9.96. The van der Waals surface area contributed by atoms with Crippen LogP contribution >= 0.6 is 0 Å². The zero-order chi connectivity index (χ0) is 26.3. The minimum absolute atomic E-state index is 0.0576. The Balaban J connectivity index is 1.16. The molecule has 0 spiro atoms. The van der Waals surface area contributed by atoms with Gasteiger partial charge in [0.2, 0.25) is 0 Å². The van der Waals surface area contributed by atoms with Crippen LogP contribution in [0.15, 0.2) is 84.9 Å². The molecule has 2 N–H and O–H groups in total. The summed E-state index contributed by atoms with van der Waals surface area (Å²) in [6.45, 7) is 8.00. The SMILES string of the molecule is Cc1ccccc1N1CCN(CCCC(N)Cc2c(OCc3ccc(F)cc3)ccc3ccccc23)CC1. The maximum atomic E-state index is 13.3. The number of benzene rings is 4. The predicted octanol–water partition coefficient (Wildman–Crippen LogP) is 6.34. The largest absolute Gasteiger partial charge is 0.489 e. The highest BCUT2D eigenvalue weighted by molar-refractivity contribution is 5.87. The van der Waals surface area contributed by atoms with Crippen LogP contribution in [0.2, 0.25) is 0 Å². The van der Waals surface area contributed by atoms with Crippen LogP contribution in [0.4, 0.5) is 10.1 Å². The molecule has 4 nitrogen and oxygen atoms in total. The first-order chi connectivity index (χ1) is 18.6. The number of anilines is 1. The topological polar surface area (TPSA) is 41.7 Å². The first kappa shape index (κ1) is 26.2. The fourth-order valence-electron chi connectivity index (χ4n) is 5.48. The molecule has 1 heterocycles. The Labute approximate surface area is 225 Å². The molecule has 4 aromatic rings. The number of nitrogens with two attached hydrogens (primary N) is 1. The number of rotatable bonds is 10. The summed E-state index contributed by atoms with van der Waals surface area (Å²) in [6.07, 6.45) is 2.82. The van der Waals surface area contributed by atoms with E-state index in [1.165, 1.54) is 34.2 Å². The Morgan fingerprint density at radius 1 is 0.868 bits per heavy atom. The molecule has 1 aliphatic heterocycles. The Hall–Kier alpha value is -3.41. The van der Waals surface area contributed by atoms with Gasteiger partial charge in [-0.1, -0.05) is 60.7 Å². The molecule has 0 aromatic heterocycles. The van der Waals surface area contributed by atoms with E-state index in [1.54, 1.807) is 12.1 Å². The molecule has 0 radical (unpaired) electrons. The van der Waals surface area contributed by atoms with Gasteiger partial charge in [0.15, 0.2) is 0 Å². The second-order valence-electron chi connectivity index (χ2n) is 10.4. The second-order valence-corrected chi connectivity index (χ2v) is 10.4. The van der Waals surface area contributed by atoms with Crippen molar-refractivity contribution < 1.29 is 9.13 Å². The lowest BCUT2D eigenvalue weighted by Gasteiger charge is -2.37. The summed E-state index contributed by atoms with van der Waals surface area (Å²) in [5, 5.41) is 2.38. The van der Waals surface area contributed by atoms with Gasteiger partial charge in [-0.05, 0) is 78.9 Å². The number of hydrogen-bond acceptors (Lipinski definition) is 4. The lowest BCUT2D eigenvalue weighted by Crippen LogP contribution is -2.47. The zero-order valence-electron chi connectivity index (χ0n) is 22.3. The quantitative estimate of drug-likeness (QED) is 0.270. The number of aryl methyl sites for hydroxylation is 1. The first-order valence-corrected chi connectivity index (χ1v) is 13.7. The van der Waals surface area contributed by atoms with Crippen molar-refractivity contribution in [2.75, 3.05) is 37.6 Å². The molecule has 1 atom stereocenters. The van der Waals surface area contributed by atoms with E-state index >= 15 is 0 Å². The molecule has 5 heteroatoms. The van der Waals surface area contributed by atoms with E-state index in [1.807, 2.05) is 6.07 Å². The third-order valence-corrected chi connectivity index (χ3v) is 7.65. The third kappa shape index (κ3) is 6.53. The smallest absolute Gasteiger partial charge is 0.123 e. The van der Waals surface area contributed by atoms with E-state index < -0.39 is 0 Å². The van der Waals surface area contributed by atoms with Crippen molar-refractivity contribution in [3.05, 3.63) is 107 Å². The molecule has 198 valence electrons. The van der Waals surface area contributed by atoms with Crippen LogP contribution in [-0.2, 0) is 13.0 Å². The van der Waals surface area contributed by atoms with E-state index in [-0.39, 0.29) is 11.9 Å². The van der Waals surface area contributed by atoms with Crippen molar-refractivity contribution in [2.24, 2.45) is 5.73 Å². The number of ether oxygens (including phenoxy) is 1. The fourth-order valence-corrected chi connectivity index (χ4v) is 5.48. The summed E-state index contributed by atoms with van der Waals surface area (Å²) >= 11 is 0. The average molecular weight is 512 g/mol. The summed E-state index contributed by atoms with van der Waals surface area (Å²) < 4.78 is 19.5. The molecule has 0 bridgehead atoms. The summed E-state index contributed by atoms with van der Waals surface area (Å²) in [5.41, 5.74) is 11.5. The lowest BCUT2D eigenvalue weighted by molar-refractivity contribution is 0.250. The minimum Gasteiger partial charge on any atom is -0.489 e. The Morgan fingerprint density at radius 3 is 2.39 bits per heavy atom. The van der Waals surface area contributed by atoms with Crippen molar-refractivity contribution in [1.29, 1.82) is 0 Å². The molecule has 0 amide bonds. The van der Waals surface area contributed by atoms with E-state index in [0.29, 0.717) is 6.61 Å². The van der Waals surface area contributed by atoms with Gasteiger partial charge in [-0.15, -0.1) is 0 Å². The average Bonchev–Trinajstić information content (AvgIpc) is 2.94. The molecule has 1 aliphatic rings. The molecule has 38 heavy (non-hydrogen) atoms. The normalized spacial score (nSPS) is 15.1. The molecule has 0 aliphatic carbocycles. The first-order valence-electron chi connectivity index (χ1n) is 13.7. The van der Waals surface area contributed by atoms with Gasteiger partial charge in [0.1, 0.15) is 18.2 Å². The van der Waals surface area contributed by atoms with Gasteiger partial charge >= 0.3 is 0 Å². The molecule has 5 rings (SSSR count). The van der Waals surface area contributed by atoms with Crippen molar-refractivity contribution in [2.45, 2.75) is 38.8 Å². The van der Waals surface area contributed by atoms with Crippen molar-refractivity contribution >= 4 is 16.5 Å². The van der Waals surface area contributed by atoms with E-state index in [4.69, 9.17) is 10.5 Å². The van der Waals surface area contributed by atoms with Gasteiger partial charge in [0, 0.05) is 43.5 Å². The Kier molecular flexibility index (Phi) is 8.57. The molecule has 1 saturated heterocycles. The maximum Gasteiger partial charge on any atom is 0.123 e. The van der Waals surface area contributed by atoms with Gasteiger partial charge in [-0.3, -0.25) is 4.90 Å². The maximum absolute atomic E-state index is 13.3. The van der Waals surface area contributed by atoms with Crippen LogP contribution in [0.3, 0.4) is 0 Å². The summed E-state index contributed by atoms with van der Waals surface area (Å²) in [7, 11) is 0. The summed E-state index contributed by atoms with van der Waals surface area (Å²) in [4.78, 5) is 5.07. The highest BCUT2D eigenvalue weighted by Gasteiger charge is 2.19. The van der Waals surface area contributed by atoms with Gasteiger partial charge in [-0.2, -0.15) is 0 Å². The number of nitrogens with zero attached hydrogens (tertiary/aromatic N) is 2. The predicted molar refractivity (Wildman–Crippen MR) is 155 cm³/mol. The second kappa shape index (κ2) is 12.4. The van der Waals surface area contributed by atoms with Crippen LogP contribution in [-0.4, -0.2) is 43.7 Å². The molecule has 0 saturated carbocycles. The van der Waals surface area contributed by atoms with Crippen molar-refractivity contribution in [3.8, 4) is 5.75 Å². The highest BCUT2D eigenvalue weighted by Crippen LogP contribution is 2.30. The number of piperazine rings is 1. The summed E-state index contributed by atoms with van der Waals surface area (Å²) in [6, 6.07) is 27.7. The van der Waals surface area contributed by atoms with Crippen molar-refractivity contribution in [3.63, 3.8) is 0 Å². The van der Waals surface area contributed by atoms with Crippen LogP contribution in [0, 0.1) is 12.7 Å². The van der Waals surface area contributed by atoms with E-state index in [2.05, 4.69) is 71.3 Å². The van der Waals surface area contributed by atoms with Gasteiger partial charge < -0.3 is 15.4 Å². The molecule has 1 unspecified atom stereocenters. The number of halogens is 1. The number of hydrogen-bond donors (Lipinski definition) is 1.